The molecule has 20 heavy (non-hydrogen) atoms. The number of aromatic nitrogens is 2. The van der Waals surface area contributed by atoms with Crippen molar-refractivity contribution in [3.63, 3.8) is 0 Å². The van der Waals surface area contributed by atoms with Gasteiger partial charge in [0.1, 0.15) is 6.04 Å². The quantitative estimate of drug-likeness (QED) is 0.832. The Balaban J connectivity index is 1.86. The molecule has 2 rings (SSSR count). The van der Waals surface area contributed by atoms with Crippen molar-refractivity contribution >= 4 is 23.2 Å². The van der Waals surface area contributed by atoms with Gasteiger partial charge in [0.15, 0.2) is 0 Å². The van der Waals surface area contributed by atoms with Gasteiger partial charge in [0.05, 0.1) is 0 Å². The Bertz CT molecular complexity index is 594. The molecule has 106 valence electrons. The Morgan fingerprint density at radius 1 is 1.55 bits per heavy atom. The Morgan fingerprint density at radius 3 is 3.00 bits per heavy atom. The van der Waals surface area contributed by atoms with Crippen LogP contribution < -0.4 is 5.32 Å². The third kappa shape index (κ3) is 3.64. The highest BCUT2D eigenvalue weighted by molar-refractivity contribution is 7.08. The van der Waals surface area contributed by atoms with Crippen LogP contribution in [0, 0.1) is 0 Å². The molecule has 2 N–H and O–H groups in total. The summed E-state index contributed by atoms with van der Waals surface area (Å²) in [6, 6.07) is 0.965. The maximum atomic E-state index is 11.5. The van der Waals surface area contributed by atoms with Crippen LogP contribution in [-0.4, -0.2) is 33.2 Å². The van der Waals surface area contributed by atoms with E-state index >= 15 is 0 Å². The number of thiophene rings is 1. The molecule has 1 atom stereocenters. The summed E-state index contributed by atoms with van der Waals surface area (Å²) < 4.78 is 5.04. The van der Waals surface area contributed by atoms with Crippen molar-refractivity contribution in [3.05, 3.63) is 22.7 Å². The third-order valence-electron chi connectivity index (χ3n) is 2.56. The molecule has 2 aromatic rings. The van der Waals surface area contributed by atoms with E-state index in [9.17, 15) is 9.59 Å². The van der Waals surface area contributed by atoms with E-state index in [2.05, 4.69) is 15.5 Å². The SMILES string of the molecule is C[C@@H](NC(=O)CCc1nc(-c2ccsc2)no1)C(=O)O. The average molecular weight is 295 g/mol. The second kappa shape index (κ2) is 6.29. The van der Waals surface area contributed by atoms with Crippen molar-refractivity contribution in [2.45, 2.75) is 25.8 Å². The molecular formula is C12H13N3O4S. The minimum absolute atomic E-state index is 0.100. The highest BCUT2D eigenvalue weighted by Crippen LogP contribution is 2.18. The summed E-state index contributed by atoms with van der Waals surface area (Å²) in [5.41, 5.74) is 0.869. The summed E-state index contributed by atoms with van der Waals surface area (Å²) >= 11 is 1.53. The summed E-state index contributed by atoms with van der Waals surface area (Å²) in [5.74, 6) is -0.601. The molecule has 7 nitrogen and oxygen atoms in total. The molecule has 0 aromatic carbocycles. The van der Waals surface area contributed by atoms with E-state index in [1.165, 1.54) is 18.3 Å². The smallest absolute Gasteiger partial charge is 0.325 e. The molecule has 0 saturated carbocycles. The lowest BCUT2D eigenvalue weighted by Crippen LogP contribution is -2.38. The zero-order valence-electron chi connectivity index (χ0n) is 10.7. The van der Waals surface area contributed by atoms with Gasteiger partial charge in [0.25, 0.3) is 0 Å². The van der Waals surface area contributed by atoms with Crippen LogP contribution in [0.2, 0.25) is 0 Å². The summed E-state index contributed by atoms with van der Waals surface area (Å²) in [5, 5.41) is 18.7. The van der Waals surface area contributed by atoms with Gasteiger partial charge in [0.2, 0.25) is 17.6 Å². The molecule has 2 heterocycles. The third-order valence-corrected chi connectivity index (χ3v) is 3.24. The number of carbonyl (C=O) groups excluding carboxylic acids is 1. The molecule has 0 bridgehead atoms. The van der Waals surface area contributed by atoms with E-state index in [1.54, 1.807) is 0 Å². The molecule has 0 aliphatic heterocycles. The van der Waals surface area contributed by atoms with Gasteiger partial charge in [-0.2, -0.15) is 16.3 Å². The number of carbonyl (C=O) groups is 2. The number of hydrogen-bond donors (Lipinski definition) is 2. The molecule has 0 spiro atoms. The second-order valence-electron chi connectivity index (χ2n) is 4.15. The van der Waals surface area contributed by atoms with Gasteiger partial charge in [-0.25, -0.2) is 0 Å². The summed E-state index contributed by atoms with van der Waals surface area (Å²) in [6.07, 6.45) is 0.373. The van der Waals surface area contributed by atoms with E-state index in [4.69, 9.17) is 9.63 Å². The highest BCUT2D eigenvalue weighted by Gasteiger charge is 2.15. The fraction of sp³-hybridized carbons (Fsp3) is 0.333. The molecule has 0 radical (unpaired) electrons. The number of hydrogen-bond acceptors (Lipinski definition) is 6. The molecule has 2 aromatic heterocycles. The Hall–Kier alpha value is -2.22. The van der Waals surface area contributed by atoms with Crippen LogP contribution >= 0.6 is 11.3 Å². The molecule has 0 aliphatic carbocycles. The molecule has 8 heteroatoms. The van der Waals surface area contributed by atoms with Gasteiger partial charge in [-0.15, -0.1) is 0 Å². The maximum Gasteiger partial charge on any atom is 0.325 e. The van der Waals surface area contributed by atoms with Crippen LogP contribution in [0.1, 0.15) is 19.2 Å². The molecule has 0 unspecified atom stereocenters. The summed E-state index contributed by atoms with van der Waals surface area (Å²) in [4.78, 5) is 26.3. The molecule has 0 saturated heterocycles. The first-order valence-electron chi connectivity index (χ1n) is 5.93. The number of carboxylic acids is 1. The van der Waals surface area contributed by atoms with E-state index in [0.717, 1.165) is 5.56 Å². The van der Waals surface area contributed by atoms with E-state index < -0.39 is 12.0 Å². The van der Waals surface area contributed by atoms with Crippen molar-refractivity contribution < 1.29 is 19.2 Å². The van der Waals surface area contributed by atoms with E-state index in [-0.39, 0.29) is 18.7 Å². The normalized spacial score (nSPS) is 12.1. The van der Waals surface area contributed by atoms with Crippen LogP contribution in [0.3, 0.4) is 0 Å². The predicted octanol–water partition coefficient (Wildman–Crippen LogP) is 1.32. The maximum absolute atomic E-state index is 11.5. The first-order chi connectivity index (χ1) is 9.56. The zero-order chi connectivity index (χ0) is 14.5. The molecular weight excluding hydrogens is 282 g/mol. The first-order valence-corrected chi connectivity index (χ1v) is 6.88. The van der Waals surface area contributed by atoms with Gasteiger partial charge in [0, 0.05) is 23.8 Å². The van der Waals surface area contributed by atoms with Crippen LogP contribution in [0.5, 0.6) is 0 Å². The second-order valence-corrected chi connectivity index (χ2v) is 4.93. The lowest BCUT2D eigenvalue weighted by Gasteiger charge is -2.07. The topological polar surface area (TPSA) is 105 Å². The van der Waals surface area contributed by atoms with Gasteiger partial charge in [-0.3, -0.25) is 9.59 Å². The fourth-order valence-electron chi connectivity index (χ4n) is 1.46. The van der Waals surface area contributed by atoms with Gasteiger partial charge >= 0.3 is 5.97 Å². The molecule has 1 amide bonds. The monoisotopic (exact) mass is 295 g/mol. The van der Waals surface area contributed by atoms with Crippen LogP contribution in [0.25, 0.3) is 11.4 Å². The average Bonchev–Trinajstić information content (AvgIpc) is 3.07. The number of nitrogens with one attached hydrogen (secondary N) is 1. The van der Waals surface area contributed by atoms with Crippen molar-refractivity contribution in [1.82, 2.24) is 15.5 Å². The summed E-state index contributed by atoms with van der Waals surface area (Å²) in [6.45, 7) is 1.40. The van der Waals surface area contributed by atoms with Gasteiger partial charge < -0.3 is 14.9 Å². The highest BCUT2D eigenvalue weighted by atomic mass is 32.1. The molecule has 0 fully saturated rings. The van der Waals surface area contributed by atoms with Crippen LogP contribution in [-0.2, 0) is 16.0 Å². The van der Waals surface area contributed by atoms with Crippen molar-refractivity contribution in [1.29, 1.82) is 0 Å². The number of amides is 1. The van der Waals surface area contributed by atoms with Crippen LogP contribution in [0.4, 0.5) is 0 Å². The zero-order valence-corrected chi connectivity index (χ0v) is 11.5. The predicted molar refractivity (Wildman–Crippen MR) is 71.2 cm³/mol. The van der Waals surface area contributed by atoms with Crippen molar-refractivity contribution in [2.24, 2.45) is 0 Å². The Labute approximate surface area is 118 Å². The van der Waals surface area contributed by atoms with Crippen molar-refractivity contribution in [2.75, 3.05) is 0 Å². The lowest BCUT2D eigenvalue weighted by molar-refractivity contribution is -0.141. The number of carboxylic acid groups (broad SMARTS) is 1. The van der Waals surface area contributed by atoms with Crippen molar-refractivity contribution in [3.8, 4) is 11.4 Å². The minimum atomic E-state index is -1.07. The standard InChI is InChI=1S/C12H13N3O4S/c1-7(12(17)18)13-9(16)2-3-10-14-11(15-19-10)8-4-5-20-6-8/h4-7H,2-3H2,1H3,(H,13,16)(H,17,18)/t7-/m1/s1. The number of rotatable bonds is 6. The Morgan fingerprint density at radius 2 is 2.35 bits per heavy atom. The fourth-order valence-corrected chi connectivity index (χ4v) is 2.10. The Kier molecular flexibility index (Phi) is 4.46. The summed E-state index contributed by atoms with van der Waals surface area (Å²) in [7, 11) is 0. The number of aryl methyl sites for hydroxylation is 1. The lowest BCUT2D eigenvalue weighted by atomic mass is 10.2. The molecule has 0 aliphatic rings. The number of aliphatic carboxylic acids is 1. The van der Waals surface area contributed by atoms with Crippen LogP contribution in [0.15, 0.2) is 21.3 Å². The van der Waals surface area contributed by atoms with Gasteiger partial charge in [-0.1, -0.05) is 5.16 Å². The van der Waals surface area contributed by atoms with Gasteiger partial charge in [-0.05, 0) is 18.4 Å². The number of nitrogens with zero attached hydrogens (tertiary/aromatic N) is 2. The van der Waals surface area contributed by atoms with E-state index in [1.807, 2.05) is 16.8 Å². The minimum Gasteiger partial charge on any atom is -0.480 e. The first kappa shape index (κ1) is 14.2. The largest absolute Gasteiger partial charge is 0.480 e. The van der Waals surface area contributed by atoms with E-state index in [0.29, 0.717) is 11.7 Å².